The smallest absolute Gasteiger partial charge is 0.216 e. The average Bonchev–Trinajstić information content (AvgIpc) is 2.97. The molecule has 1 atom stereocenters. The first-order chi connectivity index (χ1) is 13.5. The number of benzene rings is 1. The quantitative estimate of drug-likeness (QED) is 0.443. The molecule has 0 radical (unpaired) electrons. The molecule has 0 fully saturated rings. The van der Waals surface area contributed by atoms with E-state index in [1.54, 1.807) is 24.3 Å². The molecule has 0 spiro atoms. The lowest BCUT2D eigenvalue weighted by Crippen LogP contribution is -2.24. The summed E-state index contributed by atoms with van der Waals surface area (Å²) in [5, 5.41) is 8.83. The molecule has 150 valence electrons. The molecule has 2 rings (SSSR count). The number of hydrogen-bond acceptors (Lipinski definition) is 5. The van der Waals surface area contributed by atoms with Crippen molar-refractivity contribution in [1.82, 2.24) is 0 Å². The summed E-state index contributed by atoms with van der Waals surface area (Å²) >= 11 is 1.31. The summed E-state index contributed by atoms with van der Waals surface area (Å²) < 4.78 is 5.42. The average molecular weight is 400 g/mol. The van der Waals surface area contributed by atoms with Crippen molar-refractivity contribution in [3.63, 3.8) is 0 Å². The van der Waals surface area contributed by atoms with Crippen molar-refractivity contribution in [2.75, 3.05) is 6.61 Å². The minimum Gasteiger partial charge on any atom is -0.489 e. The lowest BCUT2D eigenvalue weighted by atomic mass is 9.99. The number of nitrogens with zero attached hydrogens (tertiary/aromatic N) is 1. The molecule has 4 nitrogen and oxygen atoms in total. The maximum Gasteiger partial charge on any atom is 0.216 e. The standard InChI is InChI=1S/C23H29NO3S/c1-3-4-5-6-7-8-13-23(2)21(15-22(26)28-23)27-17-20(25)14-18-9-11-19(16-24)12-10-18/h9-12,15H,3-8,13-14,17H2,1-2H3. The number of unbranched alkanes of at least 4 members (excludes halogenated alkanes) is 5. The highest BCUT2D eigenvalue weighted by Crippen LogP contribution is 2.44. The Balaban J connectivity index is 1.81. The van der Waals surface area contributed by atoms with E-state index in [1.807, 2.05) is 6.92 Å². The van der Waals surface area contributed by atoms with Crippen LogP contribution in [-0.2, 0) is 20.7 Å². The zero-order valence-electron chi connectivity index (χ0n) is 16.8. The summed E-state index contributed by atoms with van der Waals surface area (Å²) in [6.45, 7) is 4.20. The van der Waals surface area contributed by atoms with Gasteiger partial charge < -0.3 is 4.74 Å². The molecule has 1 aliphatic rings. The van der Waals surface area contributed by atoms with E-state index in [1.165, 1.54) is 43.5 Å². The first kappa shape index (κ1) is 22.2. The van der Waals surface area contributed by atoms with Gasteiger partial charge in [0.25, 0.3) is 0 Å². The molecule has 0 aliphatic carbocycles. The van der Waals surface area contributed by atoms with Crippen molar-refractivity contribution in [2.24, 2.45) is 0 Å². The van der Waals surface area contributed by atoms with Crippen molar-refractivity contribution in [3.05, 3.63) is 47.2 Å². The lowest BCUT2D eigenvalue weighted by Gasteiger charge is -2.26. The minimum absolute atomic E-state index is 0.00280. The van der Waals surface area contributed by atoms with E-state index in [9.17, 15) is 9.59 Å². The first-order valence-corrected chi connectivity index (χ1v) is 10.9. The molecule has 1 aromatic rings. The van der Waals surface area contributed by atoms with Crippen LogP contribution in [-0.4, -0.2) is 22.3 Å². The van der Waals surface area contributed by atoms with Crippen LogP contribution in [0.4, 0.5) is 0 Å². The SMILES string of the molecule is CCCCCCCCC1(C)SC(=O)C=C1OCC(=O)Cc1ccc(C#N)cc1. The van der Waals surface area contributed by atoms with Gasteiger partial charge in [0.1, 0.15) is 12.4 Å². The number of carbonyl (C=O) groups excluding carboxylic acids is 2. The Labute approximate surface area is 172 Å². The maximum absolute atomic E-state index is 12.3. The van der Waals surface area contributed by atoms with Gasteiger partial charge in [-0.2, -0.15) is 5.26 Å². The molecule has 28 heavy (non-hydrogen) atoms. The Morgan fingerprint density at radius 3 is 2.50 bits per heavy atom. The van der Waals surface area contributed by atoms with Gasteiger partial charge in [-0.3, -0.25) is 9.59 Å². The van der Waals surface area contributed by atoms with Crippen LogP contribution in [0.5, 0.6) is 0 Å². The van der Waals surface area contributed by atoms with Gasteiger partial charge >= 0.3 is 0 Å². The summed E-state index contributed by atoms with van der Waals surface area (Å²) in [6.07, 6.45) is 9.90. The van der Waals surface area contributed by atoms with Crippen molar-refractivity contribution >= 4 is 22.7 Å². The van der Waals surface area contributed by atoms with Gasteiger partial charge in [0.05, 0.1) is 16.4 Å². The zero-order valence-corrected chi connectivity index (χ0v) is 17.6. The molecule has 1 heterocycles. The Kier molecular flexibility index (Phi) is 8.79. The van der Waals surface area contributed by atoms with Crippen molar-refractivity contribution < 1.29 is 14.3 Å². The summed E-state index contributed by atoms with van der Waals surface area (Å²) in [4.78, 5) is 24.2. The van der Waals surface area contributed by atoms with Crippen LogP contribution in [0, 0.1) is 11.3 Å². The number of nitriles is 1. The second-order valence-corrected chi connectivity index (χ2v) is 9.00. The predicted molar refractivity (Wildman–Crippen MR) is 113 cm³/mol. The van der Waals surface area contributed by atoms with Crippen LogP contribution in [0.15, 0.2) is 36.1 Å². The molecular weight excluding hydrogens is 370 g/mol. The number of ether oxygens (including phenoxy) is 1. The number of ketones is 1. The fourth-order valence-corrected chi connectivity index (χ4v) is 4.38. The molecule has 1 aliphatic heterocycles. The number of hydrogen-bond donors (Lipinski definition) is 0. The highest BCUT2D eigenvalue weighted by Gasteiger charge is 2.39. The van der Waals surface area contributed by atoms with Crippen LogP contribution < -0.4 is 0 Å². The summed E-state index contributed by atoms with van der Waals surface area (Å²) in [7, 11) is 0. The molecule has 0 saturated heterocycles. The number of carbonyl (C=O) groups is 2. The third kappa shape index (κ3) is 6.83. The van der Waals surface area contributed by atoms with Gasteiger partial charge in [0.15, 0.2) is 5.78 Å². The number of rotatable bonds is 12. The summed E-state index contributed by atoms with van der Waals surface area (Å²) in [6, 6.07) is 9.04. The van der Waals surface area contributed by atoms with Gasteiger partial charge in [-0.15, -0.1) is 0 Å². The predicted octanol–water partition coefficient (Wildman–Crippen LogP) is 5.35. The van der Waals surface area contributed by atoms with Gasteiger partial charge in [0.2, 0.25) is 5.12 Å². The van der Waals surface area contributed by atoms with E-state index < -0.39 is 0 Å². The van der Waals surface area contributed by atoms with E-state index in [-0.39, 0.29) is 28.7 Å². The van der Waals surface area contributed by atoms with Gasteiger partial charge in [-0.1, -0.05) is 69.3 Å². The first-order valence-electron chi connectivity index (χ1n) is 10.1. The van der Waals surface area contributed by atoms with Crippen molar-refractivity contribution in [3.8, 4) is 6.07 Å². The Morgan fingerprint density at radius 2 is 1.82 bits per heavy atom. The largest absolute Gasteiger partial charge is 0.489 e. The fourth-order valence-electron chi connectivity index (χ4n) is 3.31. The van der Waals surface area contributed by atoms with E-state index in [0.717, 1.165) is 24.8 Å². The molecule has 1 aromatic carbocycles. The highest BCUT2D eigenvalue weighted by atomic mass is 32.2. The highest BCUT2D eigenvalue weighted by molar-refractivity contribution is 8.15. The third-order valence-electron chi connectivity index (χ3n) is 4.98. The van der Waals surface area contributed by atoms with E-state index in [2.05, 4.69) is 13.0 Å². The van der Waals surface area contributed by atoms with Crippen LogP contribution in [0.25, 0.3) is 0 Å². The molecule has 5 heteroatoms. The molecule has 0 bridgehead atoms. The van der Waals surface area contributed by atoms with Crippen molar-refractivity contribution in [2.45, 2.75) is 70.0 Å². The van der Waals surface area contributed by atoms with Crippen LogP contribution in [0.2, 0.25) is 0 Å². The van der Waals surface area contributed by atoms with Gasteiger partial charge in [-0.25, -0.2) is 0 Å². The van der Waals surface area contributed by atoms with Crippen molar-refractivity contribution in [1.29, 1.82) is 5.26 Å². The zero-order chi connectivity index (χ0) is 20.4. The topological polar surface area (TPSA) is 67.2 Å². The van der Waals surface area contributed by atoms with Crippen LogP contribution >= 0.6 is 11.8 Å². The van der Waals surface area contributed by atoms with E-state index in [4.69, 9.17) is 10.00 Å². The van der Waals surface area contributed by atoms with E-state index in [0.29, 0.717) is 11.3 Å². The van der Waals surface area contributed by atoms with Gasteiger partial charge in [0, 0.05) is 12.5 Å². The normalized spacial score (nSPS) is 18.6. The van der Waals surface area contributed by atoms with Gasteiger partial charge in [-0.05, 0) is 31.0 Å². The van der Waals surface area contributed by atoms with Crippen LogP contribution in [0.1, 0.15) is 69.9 Å². The molecule has 0 saturated carbocycles. The molecule has 1 unspecified atom stereocenters. The van der Waals surface area contributed by atoms with Crippen LogP contribution in [0.3, 0.4) is 0 Å². The lowest BCUT2D eigenvalue weighted by molar-refractivity contribution is -0.122. The summed E-state index contributed by atoms with van der Waals surface area (Å²) in [5.41, 5.74) is 1.43. The monoisotopic (exact) mass is 399 g/mol. The molecule has 0 amide bonds. The third-order valence-corrected chi connectivity index (χ3v) is 6.15. The summed E-state index contributed by atoms with van der Waals surface area (Å²) in [5.74, 6) is 0.584. The molecule has 0 aromatic heterocycles. The number of thioether (sulfide) groups is 1. The maximum atomic E-state index is 12.3. The van der Waals surface area contributed by atoms with E-state index >= 15 is 0 Å². The Morgan fingerprint density at radius 1 is 1.14 bits per heavy atom. The second kappa shape index (κ2) is 11.1. The number of Topliss-reactive ketones (excluding diaryl/α,β-unsaturated/α-hetero) is 1. The second-order valence-electron chi connectivity index (χ2n) is 7.49. The Bertz CT molecular complexity index is 748. The Hall–Kier alpha value is -2.06. The molecular formula is C23H29NO3S. The minimum atomic E-state index is -0.365. The fraction of sp³-hybridized carbons (Fsp3) is 0.522. The molecule has 0 N–H and O–H groups in total.